The number of carbonyl (C=O) groups excluding carboxylic acids is 9. The molecule has 498 valence electrons. The first-order valence-corrected chi connectivity index (χ1v) is 34.9. The molecule has 0 aliphatic carbocycles. The second-order valence-electron chi connectivity index (χ2n) is 24.2. The topological polar surface area (TPSA) is 254 Å². The van der Waals surface area contributed by atoms with Crippen molar-refractivity contribution in [1.82, 2.24) is 47.0 Å². The molecular formula is C67H125N9O10. The highest BCUT2D eigenvalue weighted by Gasteiger charge is 2.34. The quantitative estimate of drug-likeness (QED) is 0.0284. The Bertz CT molecular complexity index is 1750. The zero-order valence-electron chi connectivity index (χ0n) is 54.7. The van der Waals surface area contributed by atoms with E-state index in [1.165, 1.54) is 204 Å². The largest absolute Gasteiger partial charge is 0.362 e. The highest BCUT2D eigenvalue weighted by molar-refractivity contribution is 5.94. The summed E-state index contributed by atoms with van der Waals surface area (Å²) in [6.07, 6.45) is 51.2. The Morgan fingerprint density at radius 2 is 0.651 bits per heavy atom. The van der Waals surface area contributed by atoms with E-state index < -0.39 is 80.2 Å². The van der Waals surface area contributed by atoms with Crippen molar-refractivity contribution in [2.24, 2.45) is 0 Å². The molecule has 0 aromatic heterocycles. The van der Waals surface area contributed by atoms with Crippen molar-refractivity contribution < 1.29 is 47.9 Å². The van der Waals surface area contributed by atoms with Crippen molar-refractivity contribution in [1.29, 1.82) is 0 Å². The summed E-state index contributed by atoms with van der Waals surface area (Å²) in [6, 6.07) is -0.869. The Morgan fingerprint density at radius 1 is 0.349 bits per heavy atom. The van der Waals surface area contributed by atoms with Crippen LogP contribution in [0.5, 0.6) is 0 Å². The maximum Gasteiger partial charge on any atom is 0.248 e. The first kappa shape index (κ1) is 79.2. The first-order valence-electron chi connectivity index (χ1n) is 34.9. The lowest BCUT2D eigenvalue weighted by atomic mass is 10.0. The molecule has 1 atom stereocenters. The number of unbranched alkanes of at least 4 members (excludes halogenated alkanes) is 37. The van der Waals surface area contributed by atoms with Gasteiger partial charge in [-0.3, -0.25) is 43.2 Å². The molecule has 7 N–H and O–H groups in total. The van der Waals surface area contributed by atoms with Crippen LogP contribution in [0.3, 0.4) is 0 Å². The molecule has 0 spiro atoms. The predicted octanol–water partition coefficient (Wildman–Crippen LogP) is 10.3. The molecule has 19 nitrogen and oxygen atoms in total. The van der Waals surface area contributed by atoms with Gasteiger partial charge in [0.25, 0.3) is 0 Å². The molecule has 0 aromatic rings. The van der Waals surface area contributed by atoms with Crippen LogP contribution in [-0.4, -0.2) is 148 Å². The van der Waals surface area contributed by atoms with Gasteiger partial charge in [0, 0.05) is 26.2 Å². The lowest BCUT2D eigenvalue weighted by molar-refractivity contribution is -0.139. The number of hydrogen-bond donors (Lipinski definition) is 7. The van der Waals surface area contributed by atoms with Crippen LogP contribution < -0.4 is 37.2 Å². The molecule has 0 aromatic carbocycles. The number of nitrogens with zero attached hydrogens (tertiary/aromatic N) is 2. The van der Waals surface area contributed by atoms with Crippen LogP contribution in [0.25, 0.3) is 0 Å². The Balaban J connectivity index is 2.36. The maximum atomic E-state index is 13.4. The third-order valence-electron chi connectivity index (χ3n) is 16.2. The van der Waals surface area contributed by atoms with Crippen molar-refractivity contribution in [3.05, 3.63) is 0 Å². The number of likely N-dealkylation sites (tertiary alicyclic amines) is 1. The lowest BCUT2D eigenvalue weighted by Crippen LogP contribution is -2.51. The fraction of sp³-hybridized carbons (Fsp3) is 0.866. The zero-order valence-corrected chi connectivity index (χ0v) is 54.7. The Kier molecular flexibility index (Phi) is 53.3. The molecule has 0 bridgehead atoms. The fourth-order valence-corrected chi connectivity index (χ4v) is 10.8. The molecule has 1 aliphatic heterocycles. The molecule has 1 heterocycles. The molecule has 1 fully saturated rings. The summed E-state index contributed by atoms with van der Waals surface area (Å²) in [6.45, 7) is 5.83. The summed E-state index contributed by atoms with van der Waals surface area (Å²) >= 11 is 0. The van der Waals surface area contributed by atoms with E-state index in [-0.39, 0.29) is 38.1 Å². The highest BCUT2D eigenvalue weighted by Crippen LogP contribution is 2.19. The van der Waals surface area contributed by atoms with Gasteiger partial charge < -0.3 is 51.8 Å². The van der Waals surface area contributed by atoms with E-state index in [2.05, 4.69) is 58.0 Å². The van der Waals surface area contributed by atoms with Crippen molar-refractivity contribution in [3.8, 4) is 0 Å². The van der Waals surface area contributed by atoms with Gasteiger partial charge in [-0.15, -0.1) is 0 Å². The number of hydrogen-bond acceptors (Lipinski definition) is 10. The van der Waals surface area contributed by atoms with Crippen LogP contribution in [0, 0.1) is 0 Å². The smallest absolute Gasteiger partial charge is 0.248 e. The Labute approximate surface area is 521 Å². The number of amides is 9. The first-order chi connectivity index (χ1) is 41.9. The molecule has 86 heavy (non-hydrogen) atoms. The standard InChI is InChI=1S/C67H125N9O10/c1-4-7-10-13-16-19-21-23-25-27-29-31-33-36-39-42-47-75(48-43-40-37-34-32-30-28-26-24-22-20-17-14-11-8-5-2)66(84)57-86-56-64(82)72-53-61(79)70-52-62(80)73-55-65(83)76-49-44-45-58(76)67(85)74-54-63(81)71-51-60(78)69-50-59(77)68-46-41-38-35-18-15-12-9-6-3/h58H,4-57H2,1-3H3,(H,68,77)(H,69,78)(H,70,79)(H,71,81)(H,72,82)(H,73,80)(H,74,85)/t58-/m0/s1. The van der Waals surface area contributed by atoms with Gasteiger partial charge in [-0.1, -0.05) is 258 Å². The number of ether oxygens (including phenoxy) is 1. The van der Waals surface area contributed by atoms with E-state index in [0.717, 1.165) is 57.8 Å². The highest BCUT2D eigenvalue weighted by atomic mass is 16.5. The number of carbonyl (C=O) groups is 9. The minimum absolute atomic E-state index is 0.145. The van der Waals surface area contributed by atoms with Crippen LogP contribution in [0.2, 0.25) is 0 Å². The third kappa shape index (κ3) is 48.2. The number of rotatable bonds is 60. The van der Waals surface area contributed by atoms with Gasteiger partial charge in [0.2, 0.25) is 53.2 Å². The molecule has 0 radical (unpaired) electrons. The van der Waals surface area contributed by atoms with E-state index in [0.29, 0.717) is 32.5 Å². The van der Waals surface area contributed by atoms with Crippen molar-refractivity contribution in [2.75, 3.05) is 78.7 Å². The minimum atomic E-state index is -0.869. The van der Waals surface area contributed by atoms with Gasteiger partial charge in [-0.05, 0) is 32.1 Å². The number of nitrogens with one attached hydrogen (secondary N) is 7. The van der Waals surface area contributed by atoms with E-state index in [9.17, 15) is 43.2 Å². The minimum Gasteiger partial charge on any atom is -0.362 e. The summed E-state index contributed by atoms with van der Waals surface area (Å²) in [5.74, 6) is -4.65. The normalized spacial score (nSPS) is 12.8. The molecule has 19 heteroatoms. The van der Waals surface area contributed by atoms with Crippen LogP contribution in [-0.2, 0) is 47.9 Å². The molecular weight excluding hydrogens is 1090 g/mol. The Hall–Kier alpha value is -4.81. The van der Waals surface area contributed by atoms with Gasteiger partial charge in [0.1, 0.15) is 19.3 Å². The molecule has 9 amide bonds. The van der Waals surface area contributed by atoms with Crippen LogP contribution in [0.4, 0.5) is 0 Å². The van der Waals surface area contributed by atoms with Gasteiger partial charge in [-0.25, -0.2) is 0 Å². The van der Waals surface area contributed by atoms with Crippen molar-refractivity contribution in [2.45, 2.75) is 296 Å². The molecule has 1 saturated heterocycles. The van der Waals surface area contributed by atoms with Crippen LogP contribution >= 0.6 is 0 Å². The molecule has 1 rings (SSSR count). The monoisotopic (exact) mass is 1220 g/mol. The SMILES string of the molecule is CCCCCCCCCCCCCCCCCCN(CCCCCCCCCCCCCCCCCC)C(=O)COCC(=O)NCC(=O)NCC(=O)NCC(=O)N1CCC[C@H]1C(=O)NCC(=O)NCC(=O)NCC(=O)NCCCCCCCCCC. The average Bonchev–Trinajstić information content (AvgIpc) is 4.09. The van der Waals surface area contributed by atoms with Gasteiger partial charge in [0.05, 0.1) is 39.3 Å². The summed E-state index contributed by atoms with van der Waals surface area (Å²) in [5.41, 5.74) is 0. The van der Waals surface area contributed by atoms with Gasteiger partial charge in [-0.2, -0.15) is 0 Å². The average molecular weight is 1220 g/mol. The van der Waals surface area contributed by atoms with Crippen molar-refractivity contribution >= 4 is 53.2 Å². The van der Waals surface area contributed by atoms with E-state index in [4.69, 9.17) is 4.74 Å². The summed E-state index contributed by atoms with van der Waals surface area (Å²) in [5, 5.41) is 17.4. The van der Waals surface area contributed by atoms with E-state index >= 15 is 0 Å². The molecule has 1 aliphatic rings. The lowest BCUT2D eigenvalue weighted by Gasteiger charge is -2.24. The van der Waals surface area contributed by atoms with Crippen LogP contribution in [0.15, 0.2) is 0 Å². The zero-order chi connectivity index (χ0) is 62.8. The van der Waals surface area contributed by atoms with E-state index in [1.807, 2.05) is 4.90 Å². The van der Waals surface area contributed by atoms with E-state index in [1.54, 1.807) is 0 Å². The summed E-state index contributed by atoms with van der Waals surface area (Å²) < 4.78 is 5.53. The second-order valence-corrected chi connectivity index (χ2v) is 24.2. The maximum absolute atomic E-state index is 13.4. The van der Waals surface area contributed by atoms with Gasteiger partial charge in [0.15, 0.2) is 0 Å². The molecule has 0 saturated carbocycles. The fourth-order valence-electron chi connectivity index (χ4n) is 10.8. The van der Waals surface area contributed by atoms with Crippen molar-refractivity contribution in [3.63, 3.8) is 0 Å². The Morgan fingerprint density at radius 3 is 1.02 bits per heavy atom. The van der Waals surface area contributed by atoms with Crippen LogP contribution in [0.1, 0.15) is 290 Å². The summed E-state index contributed by atoms with van der Waals surface area (Å²) in [7, 11) is 0. The second kappa shape index (κ2) is 57.9. The molecule has 0 unspecified atom stereocenters. The van der Waals surface area contributed by atoms with Gasteiger partial charge >= 0.3 is 0 Å². The summed E-state index contributed by atoms with van der Waals surface area (Å²) in [4.78, 5) is 117. The third-order valence-corrected chi connectivity index (χ3v) is 16.2. The predicted molar refractivity (Wildman–Crippen MR) is 345 cm³/mol.